The number of nitrogens with zero attached hydrogens (tertiary/aromatic N) is 2. The summed E-state index contributed by atoms with van der Waals surface area (Å²) in [5.74, 6) is -1.06. The van der Waals surface area contributed by atoms with Crippen LogP contribution in [-0.2, 0) is 14.3 Å². The smallest absolute Gasteiger partial charge is 0.340 e. The highest BCUT2D eigenvalue weighted by molar-refractivity contribution is 5.82. The fraction of sp³-hybridized carbons (Fsp3) is 0.300. The maximum Gasteiger partial charge on any atom is 0.340 e. The van der Waals surface area contributed by atoms with Gasteiger partial charge < -0.3 is 19.6 Å². The maximum absolute atomic E-state index is 12.3. The van der Waals surface area contributed by atoms with Gasteiger partial charge in [0.25, 0.3) is 5.91 Å². The van der Waals surface area contributed by atoms with Crippen LogP contribution in [0.5, 0.6) is 0 Å². The number of esters is 1. The lowest BCUT2D eigenvalue weighted by Gasteiger charge is -2.36. The quantitative estimate of drug-likeness (QED) is 0.826. The average Bonchev–Trinajstić information content (AvgIpc) is 2.72. The van der Waals surface area contributed by atoms with Gasteiger partial charge in [0.15, 0.2) is 12.7 Å². The molecule has 1 amide bonds. The highest BCUT2D eigenvalue weighted by Crippen LogP contribution is 2.16. The lowest BCUT2D eigenvalue weighted by molar-refractivity contribution is -0.159. The van der Waals surface area contributed by atoms with E-state index in [-0.39, 0.29) is 12.5 Å². The Hall–Kier alpha value is -2.86. The number of ether oxygens (including phenoxy) is 1. The van der Waals surface area contributed by atoms with Crippen molar-refractivity contribution in [1.82, 2.24) is 4.90 Å². The number of para-hydroxylation sites is 1. The first kappa shape index (κ1) is 17.9. The van der Waals surface area contributed by atoms with Crippen molar-refractivity contribution in [3.05, 3.63) is 66.2 Å². The molecule has 0 aliphatic carbocycles. The largest absolute Gasteiger partial charge is 0.453 e. The molecule has 0 bridgehead atoms. The van der Waals surface area contributed by atoms with Gasteiger partial charge in [-0.15, -0.1) is 0 Å². The van der Waals surface area contributed by atoms with Gasteiger partial charge in [-0.1, -0.05) is 48.5 Å². The number of aliphatic hydroxyl groups excluding tert-OH is 1. The van der Waals surface area contributed by atoms with Crippen molar-refractivity contribution in [2.45, 2.75) is 6.10 Å². The number of piperazine rings is 1. The Balaban J connectivity index is 1.45. The Morgan fingerprint density at radius 3 is 2.12 bits per heavy atom. The summed E-state index contributed by atoms with van der Waals surface area (Å²) in [5, 5.41) is 9.97. The van der Waals surface area contributed by atoms with Crippen LogP contribution in [-0.4, -0.2) is 54.7 Å². The van der Waals surface area contributed by atoms with E-state index in [1.165, 1.54) is 0 Å². The zero-order valence-corrected chi connectivity index (χ0v) is 14.5. The van der Waals surface area contributed by atoms with Gasteiger partial charge in [-0.2, -0.15) is 0 Å². The summed E-state index contributed by atoms with van der Waals surface area (Å²) in [6.07, 6.45) is -1.38. The minimum atomic E-state index is -1.38. The Morgan fingerprint density at radius 1 is 0.923 bits per heavy atom. The van der Waals surface area contributed by atoms with Gasteiger partial charge in [-0.05, 0) is 17.7 Å². The molecule has 0 spiro atoms. The summed E-state index contributed by atoms with van der Waals surface area (Å²) in [5.41, 5.74) is 1.58. The molecule has 1 heterocycles. The third-order valence-electron chi connectivity index (χ3n) is 4.43. The monoisotopic (exact) mass is 354 g/mol. The van der Waals surface area contributed by atoms with Crippen LogP contribution in [0.15, 0.2) is 60.7 Å². The van der Waals surface area contributed by atoms with Crippen molar-refractivity contribution >= 4 is 17.6 Å². The Bertz CT molecular complexity index is 728. The molecule has 136 valence electrons. The first-order chi connectivity index (χ1) is 12.6. The van der Waals surface area contributed by atoms with Crippen LogP contribution >= 0.6 is 0 Å². The highest BCUT2D eigenvalue weighted by atomic mass is 16.5. The van der Waals surface area contributed by atoms with E-state index in [1.54, 1.807) is 35.2 Å². The van der Waals surface area contributed by atoms with Gasteiger partial charge in [0.2, 0.25) is 0 Å². The molecule has 0 radical (unpaired) electrons. The molecule has 1 aliphatic heterocycles. The van der Waals surface area contributed by atoms with E-state index in [0.29, 0.717) is 18.7 Å². The molecule has 6 heteroatoms. The first-order valence-electron chi connectivity index (χ1n) is 8.62. The summed E-state index contributed by atoms with van der Waals surface area (Å²) in [6.45, 7) is 2.26. The van der Waals surface area contributed by atoms with Crippen molar-refractivity contribution in [2.75, 3.05) is 37.7 Å². The maximum atomic E-state index is 12.3. The number of carbonyl (C=O) groups excluding carboxylic acids is 2. The topological polar surface area (TPSA) is 70.1 Å². The van der Waals surface area contributed by atoms with E-state index in [4.69, 9.17) is 4.74 Å². The number of aliphatic hydroxyl groups is 1. The number of hydrogen-bond acceptors (Lipinski definition) is 5. The minimum absolute atomic E-state index is 0.244. The Labute approximate surface area is 152 Å². The van der Waals surface area contributed by atoms with Gasteiger partial charge in [0.1, 0.15) is 0 Å². The first-order valence-corrected chi connectivity index (χ1v) is 8.62. The van der Waals surface area contributed by atoms with Gasteiger partial charge in [-0.3, -0.25) is 4.79 Å². The Kier molecular flexibility index (Phi) is 5.86. The van der Waals surface area contributed by atoms with E-state index in [0.717, 1.165) is 18.8 Å². The minimum Gasteiger partial charge on any atom is -0.453 e. The number of benzene rings is 2. The number of amides is 1. The molecule has 1 atom stereocenters. The molecule has 2 aromatic rings. The van der Waals surface area contributed by atoms with Crippen LogP contribution in [0.1, 0.15) is 11.7 Å². The number of rotatable bonds is 5. The van der Waals surface area contributed by atoms with Crippen LogP contribution in [0.4, 0.5) is 5.69 Å². The Morgan fingerprint density at radius 2 is 1.50 bits per heavy atom. The second kappa shape index (κ2) is 8.49. The number of hydrogen-bond donors (Lipinski definition) is 1. The standard InChI is InChI=1S/C20H22N2O4/c23-18(15-26-20(25)19(24)16-7-3-1-4-8-16)22-13-11-21(12-14-22)17-9-5-2-6-10-17/h1-10,19,24H,11-15H2/t19-/m1/s1. The molecule has 1 saturated heterocycles. The third kappa shape index (κ3) is 4.40. The van der Waals surface area contributed by atoms with Crippen molar-refractivity contribution < 1.29 is 19.4 Å². The molecule has 0 aromatic heterocycles. The summed E-state index contributed by atoms with van der Waals surface area (Å²) in [6, 6.07) is 18.6. The molecule has 26 heavy (non-hydrogen) atoms. The predicted octanol–water partition coefficient (Wildman–Crippen LogP) is 1.61. The van der Waals surface area contributed by atoms with Crippen molar-refractivity contribution in [2.24, 2.45) is 0 Å². The summed E-state index contributed by atoms with van der Waals surface area (Å²) in [7, 11) is 0. The molecule has 6 nitrogen and oxygen atoms in total. The van der Waals surface area contributed by atoms with Gasteiger partial charge in [-0.25, -0.2) is 4.79 Å². The molecule has 0 saturated carbocycles. The lowest BCUT2D eigenvalue weighted by Crippen LogP contribution is -2.50. The van der Waals surface area contributed by atoms with Crippen LogP contribution in [0, 0.1) is 0 Å². The van der Waals surface area contributed by atoms with E-state index in [9.17, 15) is 14.7 Å². The molecule has 3 rings (SSSR count). The van der Waals surface area contributed by atoms with Crippen molar-refractivity contribution in [3.63, 3.8) is 0 Å². The van der Waals surface area contributed by atoms with Gasteiger partial charge in [0.05, 0.1) is 0 Å². The number of carbonyl (C=O) groups is 2. The third-order valence-corrected chi connectivity index (χ3v) is 4.43. The van der Waals surface area contributed by atoms with Gasteiger partial charge >= 0.3 is 5.97 Å². The number of anilines is 1. The second-order valence-electron chi connectivity index (χ2n) is 6.12. The van der Waals surface area contributed by atoms with Crippen LogP contribution in [0.3, 0.4) is 0 Å². The SMILES string of the molecule is O=C(OCC(=O)N1CCN(c2ccccc2)CC1)[C@H](O)c1ccccc1. The zero-order valence-electron chi connectivity index (χ0n) is 14.5. The van der Waals surface area contributed by atoms with Crippen molar-refractivity contribution in [1.29, 1.82) is 0 Å². The zero-order chi connectivity index (χ0) is 18.4. The van der Waals surface area contributed by atoms with Gasteiger partial charge in [0, 0.05) is 31.9 Å². The fourth-order valence-electron chi connectivity index (χ4n) is 2.93. The van der Waals surface area contributed by atoms with Crippen LogP contribution in [0.2, 0.25) is 0 Å². The van der Waals surface area contributed by atoms with E-state index >= 15 is 0 Å². The molecule has 1 fully saturated rings. The predicted molar refractivity (Wildman–Crippen MR) is 97.6 cm³/mol. The normalized spacial score (nSPS) is 15.4. The molecule has 1 N–H and O–H groups in total. The molecule has 1 aliphatic rings. The summed E-state index contributed by atoms with van der Waals surface area (Å²) < 4.78 is 4.99. The highest BCUT2D eigenvalue weighted by Gasteiger charge is 2.24. The molecule has 2 aromatic carbocycles. The van der Waals surface area contributed by atoms with E-state index < -0.39 is 12.1 Å². The van der Waals surface area contributed by atoms with Crippen LogP contribution in [0.25, 0.3) is 0 Å². The molecular weight excluding hydrogens is 332 g/mol. The lowest BCUT2D eigenvalue weighted by atomic mass is 10.1. The van der Waals surface area contributed by atoms with E-state index in [2.05, 4.69) is 4.90 Å². The molecule has 0 unspecified atom stereocenters. The van der Waals surface area contributed by atoms with Crippen LogP contribution < -0.4 is 4.90 Å². The molecular formula is C20H22N2O4. The fourth-order valence-corrected chi connectivity index (χ4v) is 2.93. The average molecular weight is 354 g/mol. The summed E-state index contributed by atoms with van der Waals surface area (Å²) >= 11 is 0. The summed E-state index contributed by atoms with van der Waals surface area (Å²) in [4.78, 5) is 28.1. The van der Waals surface area contributed by atoms with E-state index in [1.807, 2.05) is 30.3 Å². The van der Waals surface area contributed by atoms with Crippen molar-refractivity contribution in [3.8, 4) is 0 Å². The second-order valence-corrected chi connectivity index (χ2v) is 6.12.